The Bertz CT molecular complexity index is 889. The van der Waals surface area contributed by atoms with Crippen LogP contribution in [-0.4, -0.2) is 32.8 Å². The van der Waals surface area contributed by atoms with E-state index < -0.39 is 0 Å². The molecule has 0 spiro atoms. The van der Waals surface area contributed by atoms with Gasteiger partial charge in [0.25, 0.3) is 11.3 Å². The number of H-pyrrole nitrogens is 1. The van der Waals surface area contributed by atoms with E-state index in [1.165, 1.54) is 16.9 Å². The minimum atomic E-state index is -0.166. The van der Waals surface area contributed by atoms with Crippen molar-refractivity contribution < 1.29 is 9.47 Å². The van der Waals surface area contributed by atoms with Gasteiger partial charge in [0.05, 0.1) is 5.69 Å². The Morgan fingerprint density at radius 2 is 2.09 bits per heavy atom. The average Bonchev–Trinajstić information content (AvgIpc) is 3.02. The number of thioether (sulfide) groups is 1. The monoisotopic (exact) mass is 316 g/mol. The molecular formula is C14H12N4O3S. The molecule has 3 heterocycles. The van der Waals surface area contributed by atoms with Gasteiger partial charge in [0.15, 0.2) is 11.5 Å². The molecule has 8 heteroatoms. The van der Waals surface area contributed by atoms with Crippen LogP contribution in [0.25, 0.3) is 5.78 Å². The second-order valence-electron chi connectivity index (χ2n) is 4.70. The van der Waals surface area contributed by atoms with Gasteiger partial charge in [0, 0.05) is 16.7 Å². The molecule has 0 bridgehead atoms. The highest BCUT2D eigenvalue weighted by Crippen LogP contribution is 2.34. The highest BCUT2D eigenvalue weighted by atomic mass is 32.2. The summed E-state index contributed by atoms with van der Waals surface area (Å²) in [5, 5.41) is 2.72. The van der Waals surface area contributed by atoms with Crippen molar-refractivity contribution >= 4 is 17.5 Å². The quantitative estimate of drug-likeness (QED) is 0.737. The van der Waals surface area contributed by atoms with Crippen molar-refractivity contribution in [2.45, 2.75) is 10.6 Å². The van der Waals surface area contributed by atoms with E-state index in [-0.39, 0.29) is 5.56 Å². The number of aromatic amines is 1. The van der Waals surface area contributed by atoms with Gasteiger partial charge in [-0.1, -0.05) is 0 Å². The molecule has 0 fully saturated rings. The number of ether oxygens (including phenoxy) is 2. The SMILES string of the molecule is O=c1cc(CSc2ccc3c(c2)OCCO3)nc2nc[nH]n12. The van der Waals surface area contributed by atoms with Gasteiger partial charge < -0.3 is 9.47 Å². The van der Waals surface area contributed by atoms with E-state index in [4.69, 9.17) is 9.47 Å². The number of aromatic nitrogens is 4. The van der Waals surface area contributed by atoms with Crippen molar-refractivity contribution in [3.63, 3.8) is 0 Å². The van der Waals surface area contributed by atoms with Crippen LogP contribution in [0.3, 0.4) is 0 Å². The van der Waals surface area contributed by atoms with Crippen LogP contribution in [0.4, 0.5) is 0 Å². The van der Waals surface area contributed by atoms with E-state index in [1.54, 1.807) is 11.8 Å². The Morgan fingerprint density at radius 3 is 3.00 bits per heavy atom. The summed E-state index contributed by atoms with van der Waals surface area (Å²) in [6, 6.07) is 7.32. The molecule has 7 nitrogen and oxygen atoms in total. The third kappa shape index (κ3) is 2.41. The molecule has 22 heavy (non-hydrogen) atoms. The zero-order valence-corrected chi connectivity index (χ0v) is 12.3. The Kier molecular flexibility index (Phi) is 3.23. The lowest BCUT2D eigenvalue weighted by atomic mass is 10.3. The van der Waals surface area contributed by atoms with Gasteiger partial charge in [-0.3, -0.25) is 9.89 Å². The maximum atomic E-state index is 11.9. The summed E-state index contributed by atoms with van der Waals surface area (Å²) in [6.07, 6.45) is 1.45. The summed E-state index contributed by atoms with van der Waals surface area (Å²) in [7, 11) is 0. The molecule has 0 amide bonds. The third-order valence-corrected chi connectivity index (χ3v) is 4.25. The van der Waals surface area contributed by atoms with Crippen LogP contribution < -0.4 is 15.0 Å². The smallest absolute Gasteiger partial charge is 0.274 e. The van der Waals surface area contributed by atoms with Crippen molar-refractivity contribution in [1.29, 1.82) is 0 Å². The fraction of sp³-hybridized carbons (Fsp3) is 0.214. The molecule has 1 aromatic carbocycles. The molecule has 112 valence electrons. The van der Waals surface area contributed by atoms with Crippen LogP contribution in [0.15, 0.2) is 40.3 Å². The van der Waals surface area contributed by atoms with Crippen molar-refractivity contribution in [1.82, 2.24) is 19.6 Å². The largest absolute Gasteiger partial charge is 0.486 e. The van der Waals surface area contributed by atoms with E-state index in [0.29, 0.717) is 30.4 Å². The topological polar surface area (TPSA) is 81.5 Å². The van der Waals surface area contributed by atoms with Crippen LogP contribution in [0.5, 0.6) is 11.5 Å². The van der Waals surface area contributed by atoms with Gasteiger partial charge in [-0.25, -0.2) is 9.97 Å². The first kappa shape index (κ1) is 13.2. The van der Waals surface area contributed by atoms with E-state index in [0.717, 1.165) is 16.4 Å². The Balaban J connectivity index is 1.55. The molecule has 3 aromatic rings. The first-order valence-corrected chi connectivity index (χ1v) is 7.73. The molecule has 1 N–H and O–H groups in total. The summed E-state index contributed by atoms with van der Waals surface area (Å²) in [4.78, 5) is 21.3. The van der Waals surface area contributed by atoms with E-state index in [2.05, 4.69) is 15.1 Å². The molecular weight excluding hydrogens is 304 g/mol. The lowest BCUT2D eigenvalue weighted by molar-refractivity contribution is 0.171. The summed E-state index contributed by atoms with van der Waals surface area (Å²) < 4.78 is 12.4. The lowest BCUT2D eigenvalue weighted by Crippen LogP contribution is -2.15. The van der Waals surface area contributed by atoms with Crippen molar-refractivity contribution in [2.75, 3.05) is 13.2 Å². The van der Waals surface area contributed by atoms with Gasteiger partial charge in [-0.05, 0) is 18.2 Å². The van der Waals surface area contributed by atoms with Crippen LogP contribution in [0.2, 0.25) is 0 Å². The molecule has 0 unspecified atom stereocenters. The number of benzene rings is 1. The molecule has 1 aliphatic rings. The molecule has 0 atom stereocenters. The Labute approximate surface area is 129 Å². The zero-order chi connectivity index (χ0) is 14.9. The summed E-state index contributed by atoms with van der Waals surface area (Å²) in [5.41, 5.74) is 0.525. The van der Waals surface area contributed by atoms with Crippen molar-refractivity contribution in [3.8, 4) is 11.5 Å². The van der Waals surface area contributed by atoms with E-state index >= 15 is 0 Å². The molecule has 0 saturated heterocycles. The van der Waals surface area contributed by atoms with Crippen LogP contribution in [-0.2, 0) is 5.75 Å². The van der Waals surface area contributed by atoms with E-state index in [9.17, 15) is 4.79 Å². The predicted octanol–water partition coefficient (Wildman–Crippen LogP) is 1.48. The van der Waals surface area contributed by atoms with Gasteiger partial charge in [0.1, 0.15) is 19.5 Å². The fourth-order valence-electron chi connectivity index (χ4n) is 2.21. The maximum absolute atomic E-state index is 11.9. The molecule has 0 aliphatic carbocycles. The first-order valence-electron chi connectivity index (χ1n) is 6.74. The highest BCUT2D eigenvalue weighted by molar-refractivity contribution is 7.98. The number of nitrogens with one attached hydrogen (secondary N) is 1. The highest BCUT2D eigenvalue weighted by Gasteiger charge is 2.12. The van der Waals surface area contributed by atoms with Crippen LogP contribution >= 0.6 is 11.8 Å². The molecule has 1 aliphatic heterocycles. The van der Waals surface area contributed by atoms with Crippen LogP contribution in [0.1, 0.15) is 5.69 Å². The summed E-state index contributed by atoms with van der Waals surface area (Å²) in [6.45, 7) is 1.15. The van der Waals surface area contributed by atoms with Crippen molar-refractivity contribution in [2.24, 2.45) is 0 Å². The number of hydrogen-bond donors (Lipinski definition) is 1. The minimum Gasteiger partial charge on any atom is -0.486 e. The van der Waals surface area contributed by atoms with Gasteiger partial charge in [-0.15, -0.1) is 11.8 Å². The summed E-state index contributed by atoms with van der Waals surface area (Å²) in [5.74, 6) is 2.49. The maximum Gasteiger partial charge on any atom is 0.274 e. The molecule has 0 saturated carbocycles. The average molecular weight is 316 g/mol. The van der Waals surface area contributed by atoms with Gasteiger partial charge in [-0.2, -0.15) is 4.52 Å². The number of rotatable bonds is 3. The third-order valence-electron chi connectivity index (χ3n) is 3.22. The molecule has 4 rings (SSSR count). The number of fused-ring (bicyclic) bond motifs is 2. The number of hydrogen-bond acceptors (Lipinski definition) is 6. The Hall–Kier alpha value is -2.48. The minimum absolute atomic E-state index is 0.166. The van der Waals surface area contributed by atoms with E-state index in [1.807, 2.05) is 18.2 Å². The van der Waals surface area contributed by atoms with Crippen molar-refractivity contribution in [3.05, 3.63) is 46.6 Å². The molecule has 0 radical (unpaired) electrons. The normalized spacial score (nSPS) is 13.5. The number of nitrogens with zero attached hydrogens (tertiary/aromatic N) is 3. The first-order chi connectivity index (χ1) is 10.8. The van der Waals surface area contributed by atoms with Crippen LogP contribution in [0, 0.1) is 0 Å². The second-order valence-corrected chi connectivity index (χ2v) is 5.75. The lowest BCUT2D eigenvalue weighted by Gasteiger charge is -2.18. The zero-order valence-electron chi connectivity index (χ0n) is 11.5. The molecule has 2 aromatic heterocycles. The second kappa shape index (κ2) is 5.38. The van der Waals surface area contributed by atoms with Gasteiger partial charge >= 0.3 is 0 Å². The standard InChI is InChI=1S/C14H12N4O3S/c19-13-5-9(17-14-15-8-16-18(13)14)7-22-10-1-2-11-12(6-10)21-4-3-20-11/h1-2,5-6,8H,3-4,7H2,(H,15,16,17). The van der Waals surface area contributed by atoms with Gasteiger partial charge in [0.2, 0.25) is 0 Å². The fourth-order valence-corrected chi connectivity index (χ4v) is 3.03. The Morgan fingerprint density at radius 1 is 1.23 bits per heavy atom. The predicted molar refractivity (Wildman–Crippen MR) is 80.6 cm³/mol. The summed E-state index contributed by atoms with van der Waals surface area (Å²) >= 11 is 1.58.